The third-order valence-electron chi connectivity index (χ3n) is 1.95. The van der Waals surface area contributed by atoms with Crippen LogP contribution >= 0.6 is 0 Å². The Kier molecular flexibility index (Phi) is 5.88. The molecule has 5 heteroatoms. The van der Waals surface area contributed by atoms with Gasteiger partial charge in [-0.1, -0.05) is 6.07 Å². The van der Waals surface area contributed by atoms with Crippen LogP contribution in [0, 0.1) is 0 Å². The van der Waals surface area contributed by atoms with Crippen molar-refractivity contribution in [1.29, 1.82) is 0 Å². The number of hydrogen-bond donors (Lipinski definition) is 1. The summed E-state index contributed by atoms with van der Waals surface area (Å²) < 4.78 is 15.5. The Morgan fingerprint density at radius 3 is 2.41 bits per heavy atom. The maximum atomic E-state index is 10.3. The molecule has 0 atom stereocenters. The highest BCUT2D eigenvalue weighted by Crippen LogP contribution is 2.19. The van der Waals surface area contributed by atoms with Crippen LogP contribution < -0.4 is 9.47 Å². The van der Waals surface area contributed by atoms with Crippen LogP contribution in [0.15, 0.2) is 24.3 Å². The van der Waals surface area contributed by atoms with Gasteiger partial charge in [-0.25, -0.2) is 0 Å². The standard InChI is InChI=1S/C12H16O5/c1-15-7-8-17-11-4-2-3-10(9-11)16-6-5-12(13)14/h2-4,9H,5-8H2,1H3,(H,13,14). The lowest BCUT2D eigenvalue weighted by atomic mass is 10.3. The lowest BCUT2D eigenvalue weighted by Crippen LogP contribution is -2.06. The lowest BCUT2D eigenvalue weighted by molar-refractivity contribution is -0.137. The molecule has 0 aromatic heterocycles. The zero-order valence-electron chi connectivity index (χ0n) is 9.72. The molecule has 0 aliphatic carbocycles. The van der Waals surface area contributed by atoms with Crippen molar-refractivity contribution in [3.63, 3.8) is 0 Å². The molecule has 0 aliphatic rings. The van der Waals surface area contributed by atoms with Gasteiger partial charge < -0.3 is 19.3 Å². The normalized spacial score (nSPS) is 9.94. The molecule has 0 radical (unpaired) electrons. The second-order valence-corrected chi connectivity index (χ2v) is 3.31. The number of aliphatic carboxylic acids is 1. The van der Waals surface area contributed by atoms with Crippen molar-refractivity contribution in [2.75, 3.05) is 26.9 Å². The van der Waals surface area contributed by atoms with E-state index in [2.05, 4.69) is 0 Å². The van der Waals surface area contributed by atoms with Crippen LogP contribution in [-0.4, -0.2) is 38.0 Å². The highest BCUT2D eigenvalue weighted by atomic mass is 16.5. The molecule has 0 bridgehead atoms. The number of benzene rings is 1. The van der Waals surface area contributed by atoms with Crippen molar-refractivity contribution in [3.05, 3.63) is 24.3 Å². The third-order valence-corrected chi connectivity index (χ3v) is 1.95. The topological polar surface area (TPSA) is 65.0 Å². The number of rotatable bonds is 8. The van der Waals surface area contributed by atoms with Gasteiger partial charge >= 0.3 is 5.97 Å². The number of carboxylic acids is 1. The highest BCUT2D eigenvalue weighted by Gasteiger charge is 2.00. The smallest absolute Gasteiger partial charge is 0.306 e. The van der Waals surface area contributed by atoms with Crippen molar-refractivity contribution >= 4 is 5.97 Å². The van der Waals surface area contributed by atoms with E-state index >= 15 is 0 Å². The summed E-state index contributed by atoms with van der Waals surface area (Å²) >= 11 is 0. The van der Waals surface area contributed by atoms with Crippen molar-refractivity contribution in [2.24, 2.45) is 0 Å². The molecule has 0 fully saturated rings. The molecule has 0 aliphatic heterocycles. The summed E-state index contributed by atoms with van der Waals surface area (Å²) in [5, 5.41) is 8.47. The van der Waals surface area contributed by atoms with Gasteiger partial charge in [-0.05, 0) is 12.1 Å². The van der Waals surface area contributed by atoms with Gasteiger partial charge in [0.05, 0.1) is 19.6 Å². The lowest BCUT2D eigenvalue weighted by Gasteiger charge is -2.08. The van der Waals surface area contributed by atoms with Gasteiger partial charge in [0, 0.05) is 13.2 Å². The molecule has 5 nitrogen and oxygen atoms in total. The summed E-state index contributed by atoms with van der Waals surface area (Å²) in [6.07, 6.45) is -0.0191. The molecule has 1 N–H and O–H groups in total. The number of carboxylic acid groups (broad SMARTS) is 1. The summed E-state index contributed by atoms with van der Waals surface area (Å²) in [6, 6.07) is 7.07. The molecule has 1 rings (SSSR count). The van der Waals surface area contributed by atoms with Crippen molar-refractivity contribution in [2.45, 2.75) is 6.42 Å². The fourth-order valence-electron chi connectivity index (χ4n) is 1.15. The van der Waals surface area contributed by atoms with Crippen LogP contribution in [0.1, 0.15) is 6.42 Å². The maximum absolute atomic E-state index is 10.3. The minimum absolute atomic E-state index is 0.0191. The molecule has 0 heterocycles. The molecule has 1 aromatic carbocycles. The molecular formula is C12H16O5. The predicted molar refractivity (Wildman–Crippen MR) is 61.6 cm³/mol. The van der Waals surface area contributed by atoms with E-state index in [1.165, 1.54) is 0 Å². The second kappa shape index (κ2) is 7.51. The predicted octanol–water partition coefficient (Wildman–Crippen LogP) is 1.57. The maximum Gasteiger partial charge on any atom is 0.306 e. The monoisotopic (exact) mass is 240 g/mol. The Balaban J connectivity index is 2.39. The van der Waals surface area contributed by atoms with E-state index in [1.54, 1.807) is 31.4 Å². The zero-order valence-corrected chi connectivity index (χ0v) is 9.72. The zero-order chi connectivity index (χ0) is 12.5. The molecule has 0 unspecified atom stereocenters. The van der Waals surface area contributed by atoms with Gasteiger partial charge in [0.2, 0.25) is 0 Å². The molecular weight excluding hydrogens is 224 g/mol. The van der Waals surface area contributed by atoms with Crippen LogP contribution in [0.5, 0.6) is 11.5 Å². The van der Waals surface area contributed by atoms with Gasteiger partial charge in [0.15, 0.2) is 0 Å². The van der Waals surface area contributed by atoms with Crippen LogP contribution in [-0.2, 0) is 9.53 Å². The average molecular weight is 240 g/mol. The van der Waals surface area contributed by atoms with E-state index in [4.69, 9.17) is 19.3 Å². The Morgan fingerprint density at radius 1 is 1.18 bits per heavy atom. The minimum atomic E-state index is -0.877. The van der Waals surface area contributed by atoms with Crippen LogP contribution in [0.2, 0.25) is 0 Å². The largest absolute Gasteiger partial charge is 0.493 e. The Hall–Kier alpha value is -1.75. The Bertz CT molecular complexity index is 351. The Labute approximate surface area is 99.9 Å². The van der Waals surface area contributed by atoms with E-state index in [-0.39, 0.29) is 13.0 Å². The van der Waals surface area contributed by atoms with Gasteiger partial charge in [-0.15, -0.1) is 0 Å². The summed E-state index contributed by atoms with van der Waals surface area (Å²) in [5.74, 6) is 0.397. The van der Waals surface area contributed by atoms with E-state index in [1.807, 2.05) is 0 Å². The fraction of sp³-hybridized carbons (Fsp3) is 0.417. The molecule has 17 heavy (non-hydrogen) atoms. The SMILES string of the molecule is COCCOc1cccc(OCCC(=O)O)c1. The third kappa shape index (κ3) is 5.77. The second-order valence-electron chi connectivity index (χ2n) is 3.31. The summed E-state index contributed by atoms with van der Waals surface area (Å²) in [4.78, 5) is 10.3. The first-order valence-electron chi connectivity index (χ1n) is 5.29. The van der Waals surface area contributed by atoms with Crippen LogP contribution in [0.25, 0.3) is 0 Å². The van der Waals surface area contributed by atoms with Crippen molar-refractivity contribution in [3.8, 4) is 11.5 Å². The molecule has 0 amide bonds. The van der Waals surface area contributed by atoms with Crippen molar-refractivity contribution in [1.82, 2.24) is 0 Å². The molecule has 1 aromatic rings. The first kappa shape index (κ1) is 13.3. The van der Waals surface area contributed by atoms with E-state index in [0.29, 0.717) is 24.7 Å². The summed E-state index contributed by atoms with van der Waals surface area (Å²) in [7, 11) is 1.61. The fourth-order valence-corrected chi connectivity index (χ4v) is 1.15. The molecule has 94 valence electrons. The van der Waals surface area contributed by atoms with Gasteiger partial charge in [0.25, 0.3) is 0 Å². The van der Waals surface area contributed by atoms with Gasteiger partial charge in [-0.2, -0.15) is 0 Å². The number of hydrogen-bond acceptors (Lipinski definition) is 4. The quantitative estimate of drug-likeness (QED) is 0.699. The van der Waals surface area contributed by atoms with E-state index in [9.17, 15) is 4.79 Å². The van der Waals surface area contributed by atoms with Gasteiger partial charge in [0.1, 0.15) is 18.1 Å². The molecule has 0 saturated heterocycles. The van der Waals surface area contributed by atoms with Crippen LogP contribution in [0.3, 0.4) is 0 Å². The highest BCUT2D eigenvalue weighted by molar-refractivity contribution is 5.66. The van der Waals surface area contributed by atoms with E-state index in [0.717, 1.165) is 0 Å². The molecule has 0 saturated carbocycles. The summed E-state index contributed by atoms with van der Waals surface area (Å²) in [6.45, 7) is 1.13. The minimum Gasteiger partial charge on any atom is -0.493 e. The van der Waals surface area contributed by atoms with Gasteiger partial charge in [-0.3, -0.25) is 4.79 Å². The number of methoxy groups -OCH3 is 1. The summed E-state index contributed by atoms with van der Waals surface area (Å²) in [5.41, 5.74) is 0. The van der Waals surface area contributed by atoms with Crippen LogP contribution in [0.4, 0.5) is 0 Å². The Morgan fingerprint density at radius 2 is 1.82 bits per heavy atom. The van der Waals surface area contributed by atoms with Crippen molar-refractivity contribution < 1.29 is 24.1 Å². The van der Waals surface area contributed by atoms with E-state index < -0.39 is 5.97 Å². The average Bonchev–Trinajstić information content (AvgIpc) is 2.29. The number of carbonyl (C=O) groups is 1. The number of ether oxygens (including phenoxy) is 3. The first-order valence-corrected chi connectivity index (χ1v) is 5.29. The molecule has 0 spiro atoms. The first-order chi connectivity index (χ1) is 8.22.